The summed E-state index contributed by atoms with van der Waals surface area (Å²) in [7, 11) is 7.83. The van der Waals surface area contributed by atoms with Crippen LogP contribution in [0.4, 0.5) is 0 Å². The predicted octanol–water partition coefficient (Wildman–Crippen LogP) is 3.21. The Labute approximate surface area is 134 Å². The monoisotopic (exact) mass is 396 g/mol. The minimum Gasteiger partial charge on any atom is -0.306 e. The highest BCUT2D eigenvalue weighted by Gasteiger charge is 2.04. The Morgan fingerprint density at radius 2 is 1.58 bits per heavy atom. The molecule has 6 heteroatoms. The predicted molar refractivity (Wildman–Crippen MR) is 93.2 cm³/mol. The molecule has 0 aliphatic heterocycles. The number of halogens is 2. The highest BCUT2D eigenvalue weighted by atomic mass is 79.9. The molecule has 0 unspecified atom stereocenters. The second kappa shape index (κ2) is 12.0. The average molecular weight is 398 g/mol. The van der Waals surface area contributed by atoms with E-state index in [0.717, 1.165) is 42.8 Å². The van der Waals surface area contributed by atoms with E-state index in [-0.39, 0.29) is 0 Å². The van der Waals surface area contributed by atoms with E-state index < -0.39 is 0 Å². The third-order valence-electron chi connectivity index (χ3n) is 2.91. The van der Waals surface area contributed by atoms with Crippen LogP contribution in [0.5, 0.6) is 0 Å². The van der Waals surface area contributed by atoms with E-state index in [1.807, 2.05) is 18.0 Å². The molecule has 0 N–H and O–H groups in total. The average Bonchev–Trinajstić information content (AvgIpc) is 2.37. The van der Waals surface area contributed by atoms with Crippen molar-refractivity contribution in [1.82, 2.24) is 8.83 Å². The summed E-state index contributed by atoms with van der Waals surface area (Å²) < 4.78 is 2.93. The third kappa shape index (κ3) is 10.6. The molecule has 0 bridgehead atoms. The van der Waals surface area contributed by atoms with Crippen molar-refractivity contribution in [3.8, 4) is 0 Å². The first kappa shape index (κ1) is 19.2. The Bertz CT molecular complexity index is 290. The topological polar surface area (TPSA) is 31.2 Å². The summed E-state index contributed by atoms with van der Waals surface area (Å²) in [6, 6.07) is 0. The van der Waals surface area contributed by atoms with Crippen LogP contribution in [-0.2, 0) is 0 Å². The fourth-order valence-electron chi connectivity index (χ4n) is 1.78. The summed E-state index contributed by atoms with van der Waals surface area (Å²) >= 11 is 6.85. The molecule has 0 aromatic carbocycles. The van der Waals surface area contributed by atoms with Crippen LogP contribution in [0, 0.1) is 0 Å². The SMILES string of the molecule is CN=C(Br)C(CCCCN(C)CCCN(C)Br)=NC. The zero-order chi connectivity index (χ0) is 14.7. The molecule has 112 valence electrons. The molecule has 0 fully saturated rings. The van der Waals surface area contributed by atoms with Crippen molar-refractivity contribution in [1.29, 1.82) is 0 Å². The number of rotatable bonds is 10. The Kier molecular flexibility index (Phi) is 12.1. The van der Waals surface area contributed by atoms with Crippen molar-refractivity contribution in [3.63, 3.8) is 0 Å². The van der Waals surface area contributed by atoms with Gasteiger partial charge < -0.3 is 4.90 Å². The van der Waals surface area contributed by atoms with Gasteiger partial charge >= 0.3 is 0 Å². The van der Waals surface area contributed by atoms with Gasteiger partial charge in [0.1, 0.15) is 4.62 Å². The van der Waals surface area contributed by atoms with E-state index in [9.17, 15) is 0 Å². The van der Waals surface area contributed by atoms with Crippen LogP contribution in [0.25, 0.3) is 0 Å². The van der Waals surface area contributed by atoms with Crippen molar-refractivity contribution < 1.29 is 0 Å². The van der Waals surface area contributed by atoms with Gasteiger partial charge in [-0.15, -0.1) is 0 Å². The van der Waals surface area contributed by atoms with Gasteiger partial charge in [0.25, 0.3) is 0 Å². The van der Waals surface area contributed by atoms with Gasteiger partial charge in [0, 0.05) is 36.8 Å². The van der Waals surface area contributed by atoms with Crippen molar-refractivity contribution in [2.24, 2.45) is 9.98 Å². The van der Waals surface area contributed by atoms with E-state index in [1.54, 1.807) is 7.05 Å². The van der Waals surface area contributed by atoms with Gasteiger partial charge in [-0.2, -0.15) is 0 Å². The summed E-state index contributed by atoms with van der Waals surface area (Å²) in [5, 5.41) is 0. The van der Waals surface area contributed by atoms with E-state index in [1.165, 1.54) is 12.8 Å². The molecule has 0 aliphatic carbocycles. The maximum absolute atomic E-state index is 4.26. The van der Waals surface area contributed by atoms with Crippen LogP contribution < -0.4 is 0 Å². The van der Waals surface area contributed by atoms with Gasteiger partial charge in [-0.05, 0) is 68.8 Å². The van der Waals surface area contributed by atoms with E-state index in [0.29, 0.717) is 0 Å². The zero-order valence-corrected chi connectivity index (χ0v) is 15.7. The second-order valence-corrected chi connectivity index (χ2v) is 6.59. The Balaban J connectivity index is 3.68. The Morgan fingerprint density at radius 3 is 2.11 bits per heavy atom. The van der Waals surface area contributed by atoms with Crippen molar-refractivity contribution in [3.05, 3.63) is 0 Å². The molecule has 0 aromatic heterocycles. The molecular weight excluding hydrogens is 372 g/mol. The van der Waals surface area contributed by atoms with Crippen molar-refractivity contribution in [2.75, 3.05) is 47.8 Å². The standard InChI is InChI=1S/C13H26Br2N4/c1-16-12(13(14)17-2)8-5-6-9-18(3)10-7-11-19(4)15/h5-11H2,1-4H3. The zero-order valence-electron chi connectivity index (χ0n) is 12.5. The normalized spacial score (nSPS) is 13.7. The summed E-state index contributed by atoms with van der Waals surface area (Å²) in [5.41, 5.74) is 1.06. The molecule has 0 rings (SSSR count). The van der Waals surface area contributed by atoms with Crippen LogP contribution in [0.1, 0.15) is 25.7 Å². The first-order valence-corrected chi connectivity index (χ1v) is 8.15. The number of hydrogen-bond acceptors (Lipinski definition) is 4. The van der Waals surface area contributed by atoms with Crippen LogP contribution in [-0.4, -0.2) is 67.0 Å². The summed E-state index contributed by atoms with van der Waals surface area (Å²) in [4.78, 5) is 10.8. The van der Waals surface area contributed by atoms with Crippen LogP contribution in [0.2, 0.25) is 0 Å². The van der Waals surface area contributed by atoms with E-state index in [2.05, 4.69) is 54.0 Å². The van der Waals surface area contributed by atoms with Crippen molar-refractivity contribution >= 4 is 42.4 Å². The third-order valence-corrected chi connectivity index (χ3v) is 4.08. The van der Waals surface area contributed by atoms with Crippen LogP contribution in [0.3, 0.4) is 0 Å². The maximum Gasteiger partial charge on any atom is 0.121 e. The van der Waals surface area contributed by atoms with Crippen LogP contribution in [0.15, 0.2) is 9.98 Å². The lowest BCUT2D eigenvalue weighted by Crippen LogP contribution is -2.23. The first-order valence-electron chi connectivity index (χ1n) is 6.65. The Morgan fingerprint density at radius 1 is 0.947 bits per heavy atom. The molecule has 4 nitrogen and oxygen atoms in total. The highest BCUT2D eigenvalue weighted by molar-refractivity contribution is 9.19. The quantitative estimate of drug-likeness (QED) is 0.322. The van der Waals surface area contributed by atoms with Gasteiger partial charge in [0.05, 0.1) is 5.71 Å². The Hall–Kier alpha value is 0.220. The van der Waals surface area contributed by atoms with E-state index >= 15 is 0 Å². The molecule has 19 heavy (non-hydrogen) atoms. The van der Waals surface area contributed by atoms with Gasteiger partial charge in [-0.3, -0.25) is 9.98 Å². The number of hydrogen-bond donors (Lipinski definition) is 0. The smallest absolute Gasteiger partial charge is 0.121 e. The highest BCUT2D eigenvalue weighted by Crippen LogP contribution is 2.05. The summed E-state index contributed by atoms with van der Waals surface area (Å²) in [6.45, 7) is 3.37. The van der Waals surface area contributed by atoms with Gasteiger partial charge in [-0.1, -0.05) is 0 Å². The molecule has 0 amide bonds. The molecule has 0 aliphatic rings. The minimum absolute atomic E-state index is 0.878. The molecule has 0 saturated heterocycles. The summed E-state index contributed by atoms with van der Waals surface area (Å²) in [5.74, 6) is 0. The number of nitrogens with zero attached hydrogens (tertiary/aromatic N) is 4. The van der Waals surface area contributed by atoms with E-state index in [4.69, 9.17) is 0 Å². The number of aliphatic imine (C=N–C) groups is 2. The lowest BCUT2D eigenvalue weighted by Gasteiger charge is -2.17. The number of unbranched alkanes of at least 4 members (excludes halogenated alkanes) is 1. The molecule has 0 atom stereocenters. The van der Waals surface area contributed by atoms with Crippen molar-refractivity contribution in [2.45, 2.75) is 25.7 Å². The summed E-state index contributed by atoms with van der Waals surface area (Å²) in [6.07, 6.45) is 4.53. The molecule has 0 saturated carbocycles. The fourth-order valence-corrected chi connectivity index (χ4v) is 2.41. The molecule has 0 spiro atoms. The first-order chi connectivity index (χ1) is 9.01. The molecule has 0 aromatic rings. The van der Waals surface area contributed by atoms with Gasteiger partial charge in [0.15, 0.2) is 0 Å². The largest absolute Gasteiger partial charge is 0.306 e. The molecular formula is C13H26Br2N4. The minimum atomic E-state index is 0.878. The van der Waals surface area contributed by atoms with Gasteiger partial charge in [0.2, 0.25) is 0 Å². The molecule has 0 radical (unpaired) electrons. The second-order valence-electron chi connectivity index (χ2n) is 4.63. The lowest BCUT2D eigenvalue weighted by atomic mass is 10.1. The molecule has 0 heterocycles. The fraction of sp³-hybridized carbons (Fsp3) is 0.846. The van der Waals surface area contributed by atoms with Gasteiger partial charge in [-0.25, -0.2) is 3.93 Å². The lowest BCUT2D eigenvalue weighted by molar-refractivity contribution is 0.314. The maximum atomic E-state index is 4.26. The van der Waals surface area contributed by atoms with Crippen LogP contribution >= 0.6 is 32.1 Å².